The molecule has 0 unspecified atom stereocenters. The predicted molar refractivity (Wildman–Crippen MR) is 72.5 cm³/mol. The first-order valence-corrected chi connectivity index (χ1v) is 6.40. The molecule has 0 aliphatic carbocycles. The number of aryl methyl sites for hydroxylation is 1. The number of esters is 1. The molecular weight excluding hydrogens is 244 g/mol. The van der Waals surface area contributed by atoms with Crippen molar-refractivity contribution in [3.05, 3.63) is 29.3 Å². The highest BCUT2D eigenvalue weighted by molar-refractivity contribution is 6.41. The van der Waals surface area contributed by atoms with Crippen molar-refractivity contribution in [3.63, 3.8) is 0 Å². The summed E-state index contributed by atoms with van der Waals surface area (Å²) in [5.74, 6) is -0.302. The van der Waals surface area contributed by atoms with Crippen LogP contribution in [0.25, 0.3) is 0 Å². The van der Waals surface area contributed by atoms with Crippen molar-refractivity contribution in [3.8, 4) is 5.75 Å². The van der Waals surface area contributed by atoms with Crippen molar-refractivity contribution >= 4 is 11.8 Å². The summed E-state index contributed by atoms with van der Waals surface area (Å²) < 4.78 is 10.3. The minimum absolute atomic E-state index is 0.194. The molecule has 104 valence electrons. The second kappa shape index (κ2) is 6.92. The summed E-state index contributed by atoms with van der Waals surface area (Å²) >= 11 is 0. The Labute approximate surface area is 113 Å². The highest BCUT2D eigenvalue weighted by Crippen LogP contribution is 2.18. The molecule has 0 atom stereocenters. The molecule has 19 heavy (non-hydrogen) atoms. The summed E-state index contributed by atoms with van der Waals surface area (Å²) in [6.45, 7) is 8.37. The molecule has 0 heterocycles. The molecule has 1 aromatic rings. The quantitative estimate of drug-likeness (QED) is 0.450. The maximum absolute atomic E-state index is 11.8. The fraction of sp³-hybridized carbons (Fsp3) is 0.467. The number of Topliss-reactive ketones (excluding diaryl/α,β-unsaturated/α-hetero) is 1. The number of ketones is 1. The number of rotatable bonds is 6. The predicted octanol–water partition coefficient (Wildman–Crippen LogP) is 2.78. The summed E-state index contributed by atoms with van der Waals surface area (Å²) in [5.41, 5.74) is 1.06. The van der Waals surface area contributed by atoms with Crippen LogP contribution in [0.15, 0.2) is 18.2 Å². The second-order valence-corrected chi connectivity index (χ2v) is 4.73. The normalized spacial score (nSPS) is 10.4. The SMILES string of the molecule is CCOC(=O)C(=O)c1ccc(OCC(C)C)cc1C. The van der Waals surface area contributed by atoms with Crippen LogP contribution in [0, 0.1) is 12.8 Å². The van der Waals surface area contributed by atoms with Gasteiger partial charge in [0.05, 0.1) is 13.2 Å². The van der Waals surface area contributed by atoms with Crippen LogP contribution in [-0.4, -0.2) is 25.0 Å². The van der Waals surface area contributed by atoms with Gasteiger partial charge in [-0.1, -0.05) is 13.8 Å². The average Bonchev–Trinajstić information content (AvgIpc) is 2.36. The van der Waals surface area contributed by atoms with Gasteiger partial charge < -0.3 is 9.47 Å². The lowest BCUT2D eigenvalue weighted by Crippen LogP contribution is -2.18. The van der Waals surface area contributed by atoms with Crippen molar-refractivity contribution in [1.29, 1.82) is 0 Å². The number of hydrogen-bond donors (Lipinski definition) is 0. The fourth-order valence-corrected chi connectivity index (χ4v) is 1.55. The molecule has 0 amide bonds. The van der Waals surface area contributed by atoms with E-state index < -0.39 is 11.8 Å². The van der Waals surface area contributed by atoms with Gasteiger partial charge in [0.2, 0.25) is 0 Å². The van der Waals surface area contributed by atoms with E-state index in [1.54, 1.807) is 32.0 Å². The second-order valence-electron chi connectivity index (χ2n) is 4.73. The zero-order chi connectivity index (χ0) is 14.4. The zero-order valence-corrected chi connectivity index (χ0v) is 11.9. The Morgan fingerprint density at radius 2 is 1.95 bits per heavy atom. The Morgan fingerprint density at radius 3 is 2.47 bits per heavy atom. The van der Waals surface area contributed by atoms with E-state index in [9.17, 15) is 9.59 Å². The lowest BCUT2D eigenvalue weighted by Gasteiger charge is -2.11. The summed E-state index contributed by atoms with van der Waals surface area (Å²) in [5, 5.41) is 0. The van der Waals surface area contributed by atoms with Gasteiger partial charge in [-0.05, 0) is 43.5 Å². The number of carbonyl (C=O) groups is 2. The zero-order valence-electron chi connectivity index (χ0n) is 11.9. The minimum atomic E-state index is -0.818. The van der Waals surface area contributed by atoms with Gasteiger partial charge in [-0.3, -0.25) is 4.79 Å². The Hall–Kier alpha value is -1.84. The van der Waals surface area contributed by atoms with Crippen LogP contribution in [0.1, 0.15) is 36.7 Å². The van der Waals surface area contributed by atoms with Crippen LogP contribution in [0.4, 0.5) is 0 Å². The van der Waals surface area contributed by atoms with Gasteiger partial charge in [0.1, 0.15) is 5.75 Å². The van der Waals surface area contributed by atoms with Gasteiger partial charge in [-0.2, -0.15) is 0 Å². The van der Waals surface area contributed by atoms with Crippen LogP contribution in [0.5, 0.6) is 5.75 Å². The molecule has 0 N–H and O–H groups in total. The van der Waals surface area contributed by atoms with Gasteiger partial charge in [-0.15, -0.1) is 0 Å². The minimum Gasteiger partial charge on any atom is -0.493 e. The third-order valence-electron chi connectivity index (χ3n) is 2.49. The molecule has 0 fully saturated rings. The van der Waals surface area contributed by atoms with Crippen LogP contribution in [-0.2, 0) is 9.53 Å². The van der Waals surface area contributed by atoms with Gasteiger partial charge >= 0.3 is 5.97 Å². The molecule has 0 saturated carbocycles. The van der Waals surface area contributed by atoms with E-state index in [1.165, 1.54) is 0 Å². The first-order valence-electron chi connectivity index (χ1n) is 6.40. The van der Waals surface area contributed by atoms with Gasteiger partial charge in [0, 0.05) is 5.56 Å². The van der Waals surface area contributed by atoms with Gasteiger partial charge in [0.15, 0.2) is 0 Å². The summed E-state index contributed by atoms with van der Waals surface area (Å²) in [7, 11) is 0. The number of benzene rings is 1. The first-order chi connectivity index (χ1) is 8.95. The first kappa shape index (κ1) is 15.2. The van der Waals surface area contributed by atoms with E-state index in [2.05, 4.69) is 13.8 Å². The highest BCUT2D eigenvalue weighted by Gasteiger charge is 2.19. The maximum Gasteiger partial charge on any atom is 0.379 e. The van der Waals surface area contributed by atoms with Crippen molar-refractivity contribution in [1.82, 2.24) is 0 Å². The molecular formula is C15H20O4. The maximum atomic E-state index is 11.8. The van der Waals surface area contributed by atoms with E-state index in [4.69, 9.17) is 9.47 Å². The molecule has 0 aliphatic rings. The molecule has 0 radical (unpaired) electrons. The van der Waals surface area contributed by atoms with Crippen LogP contribution in [0.2, 0.25) is 0 Å². The Bertz CT molecular complexity index is 463. The Kier molecular flexibility index (Phi) is 5.55. The fourth-order valence-electron chi connectivity index (χ4n) is 1.55. The third kappa shape index (κ3) is 4.39. The molecule has 0 spiro atoms. The molecule has 1 aromatic carbocycles. The largest absolute Gasteiger partial charge is 0.493 e. The standard InChI is InChI=1S/C15H20O4/c1-5-18-15(17)14(16)13-7-6-12(8-11(13)4)19-9-10(2)3/h6-8,10H,5,9H2,1-4H3. The molecule has 0 bridgehead atoms. The van der Waals surface area contributed by atoms with Gasteiger partial charge in [0.25, 0.3) is 5.78 Å². The molecule has 4 heteroatoms. The van der Waals surface area contributed by atoms with E-state index in [1.807, 2.05) is 0 Å². The third-order valence-corrected chi connectivity index (χ3v) is 2.49. The Morgan fingerprint density at radius 1 is 1.26 bits per heavy atom. The van der Waals surface area contributed by atoms with Crippen molar-refractivity contribution in [2.24, 2.45) is 5.92 Å². The highest BCUT2D eigenvalue weighted by atomic mass is 16.5. The van der Waals surface area contributed by atoms with E-state index in [-0.39, 0.29) is 6.61 Å². The summed E-state index contributed by atoms with van der Waals surface area (Å²) in [6, 6.07) is 5.06. The van der Waals surface area contributed by atoms with Crippen molar-refractivity contribution in [2.75, 3.05) is 13.2 Å². The van der Waals surface area contributed by atoms with E-state index in [0.29, 0.717) is 29.4 Å². The molecule has 0 aromatic heterocycles. The molecule has 0 saturated heterocycles. The van der Waals surface area contributed by atoms with Crippen molar-refractivity contribution < 1.29 is 19.1 Å². The monoisotopic (exact) mass is 264 g/mol. The molecule has 4 nitrogen and oxygen atoms in total. The number of hydrogen-bond acceptors (Lipinski definition) is 4. The summed E-state index contributed by atoms with van der Waals surface area (Å²) in [6.07, 6.45) is 0. The van der Waals surface area contributed by atoms with Gasteiger partial charge in [-0.25, -0.2) is 4.79 Å². The number of ether oxygens (including phenoxy) is 2. The Balaban J connectivity index is 2.82. The van der Waals surface area contributed by atoms with E-state index in [0.717, 1.165) is 0 Å². The lowest BCUT2D eigenvalue weighted by atomic mass is 10.0. The van der Waals surface area contributed by atoms with Crippen molar-refractivity contribution in [2.45, 2.75) is 27.7 Å². The molecule has 1 rings (SSSR count). The van der Waals surface area contributed by atoms with Crippen LogP contribution < -0.4 is 4.74 Å². The number of carbonyl (C=O) groups excluding carboxylic acids is 2. The summed E-state index contributed by atoms with van der Waals surface area (Å²) in [4.78, 5) is 23.2. The van der Waals surface area contributed by atoms with Crippen LogP contribution in [0.3, 0.4) is 0 Å². The smallest absolute Gasteiger partial charge is 0.379 e. The average molecular weight is 264 g/mol. The lowest BCUT2D eigenvalue weighted by molar-refractivity contribution is -0.137. The molecule has 0 aliphatic heterocycles. The van der Waals surface area contributed by atoms with E-state index >= 15 is 0 Å². The van der Waals surface area contributed by atoms with Crippen LogP contribution >= 0.6 is 0 Å². The topological polar surface area (TPSA) is 52.6 Å².